The molecule has 0 saturated carbocycles. The zero-order valence-electron chi connectivity index (χ0n) is 13.3. The minimum atomic E-state index is -0.898. The third kappa shape index (κ3) is 3.86. The van der Waals surface area contributed by atoms with E-state index in [1.807, 2.05) is 6.07 Å². The number of ether oxygens (including phenoxy) is 1. The number of benzene rings is 2. The molecule has 1 fully saturated rings. The fraction of sp³-hybridized carbons (Fsp3) is 0.316. The van der Waals surface area contributed by atoms with E-state index in [0.29, 0.717) is 12.1 Å². The lowest BCUT2D eigenvalue weighted by Gasteiger charge is -2.39. The van der Waals surface area contributed by atoms with Crippen LogP contribution in [0.1, 0.15) is 34.3 Å². The molecule has 1 aliphatic heterocycles. The molecule has 2 N–H and O–H groups in total. The average molecular weight is 390 g/mol. The minimum Gasteiger partial charge on any atom is -0.478 e. The summed E-state index contributed by atoms with van der Waals surface area (Å²) in [5.41, 5.74) is 2.39. The number of nitrogens with one attached hydrogen (secondary N) is 1. The maximum Gasteiger partial charge on any atom is 0.335 e. The monoisotopic (exact) mass is 389 g/mol. The van der Waals surface area contributed by atoms with Gasteiger partial charge in [0.05, 0.1) is 5.56 Å². The van der Waals surface area contributed by atoms with Gasteiger partial charge in [0, 0.05) is 29.8 Å². The lowest BCUT2D eigenvalue weighted by Crippen LogP contribution is -2.46. The molecule has 2 aromatic rings. The highest BCUT2D eigenvalue weighted by molar-refractivity contribution is 9.10. The van der Waals surface area contributed by atoms with Gasteiger partial charge in [-0.3, -0.25) is 0 Å². The van der Waals surface area contributed by atoms with Gasteiger partial charge in [0.2, 0.25) is 0 Å². The molecule has 2 aromatic carbocycles. The molecule has 0 radical (unpaired) electrons. The van der Waals surface area contributed by atoms with Crippen molar-refractivity contribution >= 4 is 21.9 Å². The van der Waals surface area contributed by atoms with E-state index in [1.165, 1.54) is 5.56 Å². The number of halogens is 1. The van der Waals surface area contributed by atoms with Crippen LogP contribution in [0.4, 0.5) is 0 Å². The van der Waals surface area contributed by atoms with E-state index in [9.17, 15) is 4.79 Å². The van der Waals surface area contributed by atoms with E-state index in [1.54, 1.807) is 18.2 Å². The molecule has 126 valence electrons. The second-order valence-electron chi connectivity index (χ2n) is 6.06. The summed E-state index contributed by atoms with van der Waals surface area (Å²) in [5.74, 6) is -0.898. The predicted molar refractivity (Wildman–Crippen MR) is 96.1 cm³/mol. The van der Waals surface area contributed by atoms with Crippen molar-refractivity contribution in [2.24, 2.45) is 0 Å². The number of carboxylic acids is 1. The molecule has 0 unspecified atom stereocenters. The van der Waals surface area contributed by atoms with Crippen LogP contribution >= 0.6 is 15.9 Å². The van der Waals surface area contributed by atoms with E-state index >= 15 is 0 Å². The largest absolute Gasteiger partial charge is 0.478 e. The van der Waals surface area contributed by atoms with Gasteiger partial charge < -0.3 is 15.2 Å². The Morgan fingerprint density at radius 1 is 1.17 bits per heavy atom. The zero-order chi connectivity index (χ0) is 17.0. The van der Waals surface area contributed by atoms with Gasteiger partial charge in [-0.25, -0.2) is 4.79 Å². The van der Waals surface area contributed by atoms with E-state index < -0.39 is 5.97 Å². The third-order valence-electron chi connectivity index (χ3n) is 4.55. The van der Waals surface area contributed by atoms with Gasteiger partial charge in [0.1, 0.15) is 0 Å². The van der Waals surface area contributed by atoms with Crippen molar-refractivity contribution in [3.63, 3.8) is 0 Å². The van der Waals surface area contributed by atoms with Gasteiger partial charge in [-0.2, -0.15) is 0 Å². The third-order valence-corrected chi connectivity index (χ3v) is 5.08. The first kappa shape index (κ1) is 17.1. The van der Waals surface area contributed by atoms with Crippen molar-refractivity contribution in [2.75, 3.05) is 13.2 Å². The summed E-state index contributed by atoms with van der Waals surface area (Å²) in [5, 5.41) is 12.8. The molecule has 3 rings (SSSR count). The van der Waals surface area contributed by atoms with Crippen LogP contribution in [0.25, 0.3) is 0 Å². The average Bonchev–Trinajstić information content (AvgIpc) is 2.61. The van der Waals surface area contributed by atoms with Crippen LogP contribution in [-0.2, 0) is 16.8 Å². The van der Waals surface area contributed by atoms with Crippen LogP contribution in [0.15, 0.2) is 53.0 Å². The van der Waals surface area contributed by atoms with Crippen LogP contribution in [0, 0.1) is 0 Å². The number of hydrogen-bond acceptors (Lipinski definition) is 3. The van der Waals surface area contributed by atoms with Crippen LogP contribution in [0.2, 0.25) is 0 Å². The molecule has 0 bridgehead atoms. The first-order valence-electron chi connectivity index (χ1n) is 8.00. The molecule has 1 aliphatic rings. The number of rotatable bonds is 5. The van der Waals surface area contributed by atoms with E-state index in [0.717, 1.165) is 36.1 Å². The van der Waals surface area contributed by atoms with Gasteiger partial charge >= 0.3 is 5.97 Å². The molecular formula is C19H20BrNO3. The molecule has 5 heteroatoms. The van der Waals surface area contributed by atoms with Gasteiger partial charge in [-0.05, 0) is 48.2 Å². The fourth-order valence-corrected chi connectivity index (χ4v) is 3.41. The molecular weight excluding hydrogens is 370 g/mol. The summed E-state index contributed by atoms with van der Waals surface area (Å²) in [6.07, 6.45) is 1.79. The van der Waals surface area contributed by atoms with Crippen LogP contribution in [0.3, 0.4) is 0 Å². The highest BCUT2D eigenvalue weighted by atomic mass is 79.9. The highest BCUT2D eigenvalue weighted by Gasteiger charge is 2.33. The first-order chi connectivity index (χ1) is 11.6. The number of carbonyl (C=O) groups is 1. The van der Waals surface area contributed by atoms with E-state index in [4.69, 9.17) is 9.84 Å². The number of carboxylic acid groups (broad SMARTS) is 1. The first-order valence-corrected chi connectivity index (χ1v) is 8.79. The van der Waals surface area contributed by atoms with Crippen LogP contribution in [-0.4, -0.2) is 24.3 Å². The molecule has 0 aromatic heterocycles. The minimum absolute atomic E-state index is 0.141. The molecule has 0 atom stereocenters. The number of aromatic carboxylic acids is 1. The molecule has 24 heavy (non-hydrogen) atoms. The molecule has 1 saturated heterocycles. The molecule has 1 heterocycles. The highest BCUT2D eigenvalue weighted by Crippen LogP contribution is 2.33. The van der Waals surface area contributed by atoms with Crippen molar-refractivity contribution in [1.29, 1.82) is 0 Å². The quantitative estimate of drug-likeness (QED) is 0.812. The lowest BCUT2D eigenvalue weighted by molar-refractivity contribution is 0.0358. The lowest BCUT2D eigenvalue weighted by atomic mass is 9.82. The maximum absolute atomic E-state index is 11.1. The van der Waals surface area contributed by atoms with E-state index in [-0.39, 0.29) is 5.54 Å². The molecule has 0 aliphatic carbocycles. The zero-order valence-corrected chi connectivity index (χ0v) is 14.9. The summed E-state index contributed by atoms with van der Waals surface area (Å²) in [6.45, 7) is 2.06. The summed E-state index contributed by atoms with van der Waals surface area (Å²) < 4.78 is 6.60. The number of hydrogen-bond donors (Lipinski definition) is 2. The van der Waals surface area contributed by atoms with Gasteiger partial charge in [0.25, 0.3) is 0 Å². The Hall–Kier alpha value is -1.69. The van der Waals surface area contributed by atoms with E-state index in [2.05, 4.69) is 45.5 Å². The second-order valence-corrected chi connectivity index (χ2v) is 6.98. The van der Waals surface area contributed by atoms with Crippen molar-refractivity contribution in [3.8, 4) is 0 Å². The second kappa shape index (κ2) is 7.47. The summed E-state index contributed by atoms with van der Waals surface area (Å²) in [4.78, 5) is 11.1. The summed E-state index contributed by atoms with van der Waals surface area (Å²) in [7, 11) is 0. The van der Waals surface area contributed by atoms with Gasteiger partial charge in [-0.1, -0.05) is 40.2 Å². The van der Waals surface area contributed by atoms with Crippen molar-refractivity contribution in [1.82, 2.24) is 5.32 Å². The topological polar surface area (TPSA) is 58.6 Å². The van der Waals surface area contributed by atoms with Crippen LogP contribution in [0.5, 0.6) is 0 Å². The molecule has 0 amide bonds. The molecule has 4 nitrogen and oxygen atoms in total. The Kier molecular flexibility index (Phi) is 5.33. The molecule has 0 spiro atoms. The Morgan fingerprint density at radius 2 is 1.88 bits per heavy atom. The van der Waals surface area contributed by atoms with Crippen molar-refractivity contribution in [3.05, 3.63) is 69.7 Å². The van der Waals surface area contributed by atoms with Gasteiger partial charge in [-0.15, -0.1) is 0 Å². The van der Waals surface area contributed by atoms with Crippen molar-refractivity contribution in [2.45, 2.75) is 24.9 Å². The van der Waals surface area contributed by atoms with Crippen molar-refractivity contribution < 1.29 is 14.6 Å². The maximum atomic E-state index is 11.1. The smallest absolute Gasteiger partial charge is 0.335 e. The van der Waals surface area contributed by atoms with Gasteiger partial charge in [0.15, 0.2) is 0 Å². The Morgan fingerprint density at radius 3 is 2.54 bits per heavy atom. The standard InChI is InChI=1S/C19H20BrNO3/c20-17-6-4-16(5-7-17)19(8-10-24-11-9-19)21-13-14-2-1-3-15(12-14)18(22)23/h1-7,12,21H,8-11,13H2,(H,22,23). The van der Waals surface area contributed by atoms with Crippen LogP contribution < -0.4 is 5.32 Å². The normalized spacial score (nSPS) is 16.7. The Labute approximate surface area is 150 Å². The summed E-state index contributed by atoms with van der Waals surface area (Å²) in [6, 6.07) is 15.5. The SMILES string of the molecule is O=C(O)c1cccc(CNC2(c3ccc(Br)cc3)CCOCC2)c1. The predicted octanol–water partition coefficient (Wildman–Crippen LogP) is 3.94. The Bertz CT molecular complexity index is 709. The fourth-order valence-electron chi connectivity index (χ4n) is 3.14. The summed E-state index contributed by atoms with van der Waals surface area (Å²) >= 11 is 3.48. The Balaban J connectivity index is 1.81.